The van der Waals surface area contributed by atoms with Crippen LogP contribution < -0.4 is 5.32 Å². The molecule has 0 amide bonds. The fourth-order valence-electron chi connectivity index (χ4n) is 0.391. The smallest absolute Gasteiger partial charge is 0.179 e. The molecule has 0 bridgehead atoms. The molecular formula is C6H11NOSi. The second kappa shape index (κ2) is 4.20. The number of aliphatic hydroxyl groups excluding tert-OH is 1. The van der Waals surface area contributed by atoms with Crippen LogP contribution in [0.5, 0.6) is 0 Å². The molecule has 0 heterocycles. The molecule has 0 aromatic carbocycles. The Morgan fingerprint density at radius 1 is 1.78 bits per heavy atom. The van der Waals surface area contributed by atoms with E-state index in [1.54, 1.807) is 12.6 Å². The molecule has 0 aliphatic rings. The first-order chi connectivity index (χ1) is 4.16. The Labute approximate surface area is 58.1 Å². The summed E-state index contributed by atoms with van der Waals surface area (Å²) >= 11 is 0. The zero-order valence-corrected chi connectivity index (χ0v) is 6.73. The van der Waals surface area contributed by atoms with Crippen molar-refractivity contribution in [3.63, 3.8) is 0 Å². The molecule has 0 rings (SSSR count). The van der Waals surface area contributed by atoms with Crippen LogP contribution in [0.25, 0.3) is 0 Å². The standard InChI is InChI=1S/C6H11NOSi/c1-5(2)7-6(8)4-9-3/h4,7-8H,1H2,2-3H3. The molecule has 3 heteroatoms. The fourth-order valence-corrected chi connectivity index (χ4v) is 0.737. The molecule has 2 N–H and O–H groups in total. The minimum atomic E-state index is 0.198. The van der Waals surface area contributed by atoms with Gasteiger partial charge < -0.3 is 10.4 Å². The van der Waals surface area contributed by atoms with Gasteiger partial charge in [0.1, 0.15) is 0 Å². The highest BCUT2D eigenvalue weighted by Gasteiger charge is 1.86. The second-order valence-electron chi connectivity index (χ2n) is 1.72. The molecule has 0 saturated carbocycles. The van der Waals surface area contributed by atoms with E-state index in [0.29, 0.717) is 9.52 Å². The van der Waals surface area contributed by atoms with Crippen LogP contribution >= 0.6 is 0 Å². The Kier molecular flexibility index (Phi) is 3.87. The van der Waals surface area contributed by atoms with Gasteiger partial charge in [-0.15, -0.1) is 0 Å². The maximum atomic E-state index is 8.92. The van der Waals surface area contributed by atoms with Gasteiger partial charge in [-0.1, -0.05) is 13.1 Å². The predicted molar refractivity (Wildman–Crippen MR) is 40.3 cm³/mol. The molecule has 0 aromatic rings. The van der Waals surface area contributed by atoms with Gasteiger partial charge in [0.15, 0.2) is 5.88 Å². The first-order valence-electron chi connectivity index (χ1n) is 2.65. The summed E-state index contributed by atoms with van der Waals surface area (Å²) in [5.74, 6) is 0.198. The number of aliphatic hydroxyl groups is 1. The zero-order valence-electron chi connectivity index (χ0n) is 5.73. The van der Waals surface area contributed by atoms with Gasteiger partial charge in [-0.3, -0.25) is 0 Å². The van der Waals surface area contributed by atoms with Gasteiger partial charge in [-0.2, -0.15) is 0 Å². The van der Waals surface area contributed by atoms with Crippen molar-refractivity contribution in [2.45, 2.75) is 13.5 Å². The largest absolute Gasteiger partial charge is 0.495 e. The Balaban J connectivity index is 3.62. The summed E-state index contributed by atoms with van der Waals surface area (Å²) < 4.78 is 0. The van der Waals surface area contributed by atoms with Crippen LogP contribution in [0.2, 0.25) is 6.55 Å². The SMILES string of the molecule is C=C(C)NC(O)=C[Si]C. The van der Waals surface area contributed by atoms with Crippen molar-refractivity contribution in [1.82, 2.24) is 5.32 Å². The number of allylic oxidation sites excluding steroid dienone is 1. The highest BCUT2D eigenvalue weighted by Crippen LogP contribution is 1.85. The van der Waals surface area contributed by atoms with Gasteiger partial charge in [0.25, 0.3) is 0 Å². The van der Waals surface area contributed by atoms with Crippen molar-refractivity contribution in [2.75, 3.05) is 0 Å². The minimum absolute atomic E-state index is 0.198. The lowest BCUT2D eigenvalue weighted by Crippen LogP contribution is -2.09. The average molecular weight is 141 g/mol. The zero-order chi connectivity index (χ0) is 7.28. The summed E-state index contributed by atoms with van der Waals surface area (Å²) in [4.78, 5) is 0. The molecule has 0 spiro atoms. The van der Waals surface area contributed by atoms with Gasteiger partial charge in [-0.05, 0) is 12.6 Å². The number of nitrogens with one attached hydrogen (secondary N) is 1. The van der Waals surface area contributed by atoms with E-state index < -0.39 is 0 Å². The lowest BCUT2D eigenvalue weighted by molar-refractivity contribution is 0.379. The highest BCUT2D eigenvalue weighted by molar-refractivity contribution is 6.40. The molecule has 0 aliphatic heterocycles. The van der Waals surface area contributed by atoms with Gasteiger partial charge in [0, 0.05) is 5.70 Å². The lowest BCUT2D eigenvalue weighted by Gasteiger charge is -2.00. The molecule has 0 saturated heterocycles. The summed E-state index contributed by atoms with van der Waals surface area (Å²) in [6.45, 7) is 7.35. The van der Waals surface area contributed by atoms with Crippen LogP contribution in [0.15, 0.2) is 23.9 Å². The first-order valence-corrected chi connectivity index (χ1v) is 4.23. The third kappa shape index (κ3) is 5.16. The summed E-state index contributed by atoms with van der Waals surface area (Å²) in [6.07, 6.45) is 0. The molecule has 9 heavy (non-hydrogen) atoms. The summed E-state index contributed by atoms with van der Waals surface area (Å²) in [5, 5.41) is 11.6. The molecule has 50 valence electrons. The topological polar surface area (TPSA) is 32.3 Å². The van der Waals surface area contributed by atoms with E-state index in [-0.39, 0.29) is 5.88 Å². The van der Waals surface area contributed by atoms with Crippen LogP contribution in [-0.4, -0.2) is 14.6 Å². The van der Waals surface area contributed by atoms with E-state index in [2.05, 4.69) is 11.9 Å². The van der Waals surface area contributed by atoms with Crippen molar-refractivity contribution in [3.8, 4) is 0 Å². The van der Waals surface area contributed by atoms with Crippen molar-refractivity contribution >= 4 is 9.52 Å². The molecule has 0 atom stereocenters. The molecule has 0 unspecified atom stereocenters. The Bertz CT molecular complexity index is 131. The molecule has 0 aliphatic carbocycles. The first kappa shape index (κ1) is 8.30. The number of hydrogen-bond donors (Lipinski definition) is 2. The van der Waals surface area contributed by atoms with Crippen molar-refractivity contribution in [2.24, 2.45) is 0 Å². The second-order valence-corrected chi connectivity index (χ2v) is 2.59. The summed E-state index contributed by atoms with van der Waals surface area (Å²) in [6, 6.07) is 0. The van der Waals surface area contributed by atoms with Crippen LogP contribution in [0, 0.1) is 0 Å². The molecule has 2 nitrogen and oxygen atoms in total. The third-order valence-electron chi connectivity index (χ3n) is 0.623. The maximum Gasteiger partial charge on any atom is 0.179 e. The van der Waals surface area contributed by atoms with E-state index in [1.807, 2.05) is 6.55 Å². The fraction of sp³-hybridized carbons (Fsp3) is 0.333. The monoisotopic (exact) mass is 141 g/mol. The minimum Gasteiger partial charge on any atom is -0.495 e. The van der Waals surface area contributed by atoms with Crippen LogP contribution in [0.3, 0.4) is 0 Å². The maximum absolute atomic E-state index is 8.92. The lowest BCUT2D eigenvalue weighted by atomic mass is 10.6. The molecule has 0 aromatic heterocycles. The van der Waals surface area contributed by atoms with Gasteiger partial charge >= 0.3 is 0 Å². The van der Waals surface area contributed by atoms with Crippen LogP contribution in [0.1, 0.15) is 6.92 Å². The van der Waals surface area contributed by atoms with E-state index in [9.17, 15) is 0 Å². The van der Waals surface area contributed by atoms with E-state index >= 15 is 0 Å². The van der Waals surface area contributed by atoms with E-state index in [4.69, 9.17) is 5.11 Å². The van der Waals surface area contributed by atoms with E-state index in [0.717, 1.165) is 5.70 Å². The highest BCUT2D eigenvalue weighted by atomic mass is 28.2. The Morgan fingerprint density at radius 2 is 2.33 bits per heavy atom. The third-order valence-corrected chi connectivity index (χ3v) is 1.18. The van der Waals surface area contributed by atoms with Crippen LogP contribution in [0.4, 0.5) is 0 Å². The van der Waals surface area contributed by atoms with Gasteiger partial charge in [0.05, 0.1) is 9.52 Å². The van der Waals surface area contributed by atoms with Gasteiger partial charge in [0.2, 0.25) is 0 Å². The average Bonchev–Trinajstić information content (AvgIpc) is 1.63. The molecular weight excluding hydrogens is 130 g/mol. The summed E-state index contributed by atoms with van der Waals surface area (Å²) in [5.41, 5.74) is 2.47. The number of rotatable bonds is 3. The Morgan fingerprint density at radius 3 is 2.67 bits per heavy atom. The van der Waals surface area contributed by atoms with Crippen LogP contribution in [-0.2, 0) is 0 Å². The Hall–Kier alpha value is -0.703. The normalized spacial score (nSPS) is 11.1. The van der Waals surface area contributed by atoms with Crippen molar-refractivity contribution < 1.29 is 5.11 Å². The van der Waals surface area contributed by atoms with E-state index in [1.165, 1.54) is 0 Å². The predicted octanol–water partition coefficient (Wildman–Crippen LogP) is 1.22. The molecule has 2 radical (unpaired) electrons. The van der Waals surface area contributed by atoms with Crippen molar-refractivity contribution in [1.29, 1.82) is 0 Å². The summed E-state index contributed by atoms with van der Waals surface area (Å²) in [7, 11) is 0.622. The molecule has 0 fully saturated rings. The van der Waals surface area contributed by atoms with Crippen molar-refractivity contribution in [3.05, 3.63) is 23.9 Å². The quantitative estimate of drug-likeness (QED) is 0.457. The number of hydrogen-bond acceptors (Lipinski definition) is 2. The van der Waals surface area contributed by atoms with Gasteiger partial charge in [-0.25, -0.2) is 0 Å².